The molecule has 3 heteroatoms. The summed E-state index contributed by atoms with van der Waals surface area (Å²) in [5.41, 5.74) is 2.60. The van der Waals surface area contributed by atoms with E-state index in [1.807, 2.05) is 19.0 Å². The Balaban J connectivity index is 2.28. The molecular weight excluding hydrogens is 270 g/mol. The van der Waals surface area contributed by atoms with E-state index in [4.69, 9.17) is 4.99 Å². The molecule has 0 spiro atoms. The highest BCUT2D eigenvalue weighted by atomic mass is 15.3. The van der Waals surface area contributed by atoms with Crippen LogP contribution in [-0.4, -0.2) is 38.0 Å². The lowest BCUT2D eigenvalue weighted by molar-refractivity contribution is 0.581. The third-order valence-electron chi connectivity index (χ3n) is 3.59. The van der Waals surface area contributed by atoms with Gasteiger partial charge in [0.25, 0.3) is 0 Å². The predicted molar refractivity (Wildman–Crippen MR) is 94.4 cm³/mol. The lowest BCUT2D eigenvalue weighted by atomic mass is 9.91. The zero-order chi connectivity index (χ0) is 15.8. The lowest BCUT2D eigenvalue weighted by Crippen LogP contribution is -2.36. The second-order valence-electron chi connectivity index (χ2n) is 5.46. The molecule has 0 radical (unpaired) electrons. The molecule has 3 nitrogen and oxygen atoms in total. The first-order chi connectivity index (χ1) is 10.7. The maximum absolute atomic E-state index is 4.80. The highest BCUT2D eigenvalue weighted by Gasteiger charge is 2.14. The van der Waals surface area contributed by atoms with E-state index in [2.05, 4.69) is 72.9 Å². The van der Waals surface area contributed by atoms with E-state index >= 15 is 0 Å². The lowest BCUT2D eigenvalue weighted by Gasteiger charge is -2.20. The number of rotatable bonds is 5. The first-order valence-electron chi connectivity index (χ1n) is 7.78. The number of benzene rings is 2. The van der Waals surface area contributed by atoms with Gasteiger partial charge in [-0.15, -0.1) is 0 Å². The van der Waals surface area contributed by atoms with Crippen molar-refractivity contribution in [2.45, 2.75) is 12.8 Å². The fourth-order valence-corrected chi connectivity index (χ4v) is 2.47. The summed E-state index contributed by atoms with van der Waals surface area (Å²) in [7, 11) is 4.03. The Morgan fingerprint density at radius 3 is 1.86 bits per heavy atom. The van der Waals surface area contributed by atoms with E-state index in [-0.39, 0.29) is 5.92 Å². The molecule has 0 heterocycles. The monoisotopic (exact) mass is 295 g/mol. The molecule has 0 saturated carbocycles. The zero-order valence-corrected chi connectivity index (χ0v) is 13.7. The summed E-state index contributed by atoms with van der Waals surface area (Å²) in [4.78, 5) is 6.82. The van der Waals surface area contributed by atoms with Crippen LogP contribution < -0.4 is 5.32 Å². The van der Waals surface area contributed by atoms with E-state index in [1.165, 1.54) is 11.1 Å². The van der Waals surface area contributed by atoms with Gasteiger partial charge in [-0.05, 0) is 18.1 Å². The van der Waals surface area contributed by atoms with Crippen molar-refractivity contribution in [3.63, 3.8) is 0 Å². The minimum absolute atomic E-state index is 0.274. The largest absolute Gasteiger partial charge is 0.357 e. The molecule has 116 valence electrons. The maximum atomic E-state index is 4.80. The number of nitrogens with one attached hydrogen (secondary N) is 1. The first-order valence-corrected chi connectivity index (χ1v) is 7.78. The van der Waals surface area contributed by atoms with Crippen molar-refractivity contribution in [1.29, 1.82) is 0 Å². The number of aliphatic imine (C=N–C) groups is 1. The van der Waals surface area contributed by atoms with Gasteiger partial charge in [-0.1, -0.05) is 60.7 Å². The fourth-order valence-electron chi connectivity index (χ4n) is 2.47. The van der Waals surface area contributed by atoms with Crippen LogP contribution in [0.4, 0.5) is 0 Å². The third-order valence-corrected chi connectivity index (χ3v) is 3.59. The Bertz CT molecular complexity index is 537. The van der Waals surface area contributed by atoms with Gasteiger partial charge in [0.15, 0.2) is 5.96 Å². The standard InChI is InChI=1S/C19H25N3/c1-4-20-19(22(2)3)21-15-18(16-11-7-5-8-12-16)17-13-9-6-10-14-17/h5-14,18H,4,15H2,1-3H3,(H,20,21). The second-order valence-corrected chi connectivity index (χ2v) is 5.46. The Morgan fingerprint density at radius 2 is 1.45 bits per heavy atom. The molecule has 2 aromatic carbocycles. The summed E-state index contributed by atoms with van der Waals surface area (Å²) < 4.78 is 0. The molecular formula is C19H25N3. The minimum atomic E-state index is 0.274. The van der Waals surface area contributed by atoms with Crippen molar-refractivity contribution < 1.29 is 0 Å². The van der Waals surface area contributed by atoms with Gasteiger partial charge in [0, 0.05) is 26.6 Å². The summed E-state index contributed by atoms with van der Waals surface area (Å²) in [6, 6.07) is 21.2. The van der Waals surface area contributed by atoms with Gasteiger partial charge in [0.2, 0.25) is 0 Å². The molecule has 0 saturated heterocycles. The summed E-state index contributed by atoms with van der Waals surface area (Å²) >= 11 is 0. The molecule has 2 aromatic rings. The van der Waals surface area contributed by atoms with Crippen LogP contribution in [0.2, 0.25) is 0 Å². The van der Waals surface area contributed by atoms with Crippen LogP contribution in [0.15, 0.2) is 65.7 Å². The molecule has 2 rings (SSSR count). The summed E-state index contributed by atoms with van der Waals surface area (Å²) in [6.07, 6.45) is 0. The van der Waals surface area contributed by atoms with Crippen molar-refractivity contribution in [1.82, 2.24) is 10.2 Å². The molecule has 0 bridgehead atoms. The van der Waals surface area contributed by atoms with Crippen molar-refractivity contribution in [2.75, 3.05) is 27.2 Å². The smallest absolute Gasteiger partial charge is 0.193 e. The molecule has 1 N–H and O–H groups in total. The number of hydrogen-bond acceptors (Lipinski definition) is 1. The summed E-state index contributed by atoms with van der Waals surface area (Å²) in [5, 5.41) is 3.32. The van der Waals surface area contributed by atoms with Crippen LogP contribution in [0, 0.1) is 0 Å². The van der Waals surface area contributed by atoms with Gasteiger partial charge in [-0.2, -0.15) is 0 Å². The van der Waals surface area contributed by atoms with E-state index < -0.39 is 0 Å². The molecule has 0 amide bonds. The summed E-state index contributed by atoms with van der Waals surface area (Å²) in [6.45, 7) is 3.69. The van der Waals surface area contributed by atoms with Crippen LogP contribution in [0.1, 0.15) is 24.0 Å². The third kappa shape index (κ3) is 4.35. The van der Waals surface area contributed by atoms with Crippen molar-refractivity contribution in [2.24, 2.45) is 4.99 Å². The van der Waals surface area contributed by atoms with Gasteiger partial charge in [0.05, 0.1) is 6.54 Å². The Morgan fingerprint density at radius 1 is 0.955 bits per heavy atom. The first kappa shape index (κ1) is 16.1. The maximum Gasteiger partial charge on any atom is 0.193 e. The van der Waals surface area contributed by atoms with E-state index in [1.54, 1.807) is 0 Å². The SMILES string of the molecule is CCNC(=NCC(c1ccccc1)c1ccccc1)N(C)C. The van der Waals surface area contributed by atoms with Crippen LogP contribution in [0.25, 0.3) is 0 Å². The quantitative estimate of drug-likeness (QED) is 0.676. The molecule has 0 atom stereocenters. The van der Waals surface area contributed by atoms with Gasteiger partial charge < -0.3 is 10.2 Å². The Labute approximate surface area is 133 Å². The molecule has 0 fully saturated rings. The average molecular weight is 295 g/mol. The zero-order valence-electron chi connectivity index (χ0n) is 13.7. The number of nitrogens with zero attached hydrogens (tertiary/aromatic N) is 2. The number of guanidine groups is 1. The van der Waals surface area contributed by atoms with Gasteiger partial charge >= 0.3 is 0 Å². The Hall–Kier alpha value is -2.29. The Kier molecular flexibility index (Phi) is 6.01. The van der Waals surface area contributed by atoms with Crippen LogP contribution in [-0.2, 0) is 0 Å². The average Bonchev–Trinajstić information content (AvgIpc) is 2.56. The summed E-state index contributed by atoms with van der Waals surface area (Å²) in [5.74, 6) is 1.20. The highest BCUT2D eigenvalue weighted by molar-refractivity contribution is 5.79. The fraction of sp³-hybridized carbons (Fsp3) is 0.316. The van der Waals surface area contributed by atoms with Gasteiger partial charge in [-0.25, -0.2) is 0 Å². The topological polar surface area (TPSA) is 27.6 Å². The molecule has 0 aliphatic carbocycles. The number of hydrogen-bond donors (Lipinski definition) is 1. The van der Waals surface area contributed by atoms with Crippen LogP contribution in [0.3, 0.4) is 0 Å². The van der Waals surface area contributed by atoms with E-state index in [0.717, 1.165) is 19.0 Å². The normalized spacial score (nSPS) is 11.5. The van der Waals surface area contributed by atoms with Crippen molar-refractivity contribution >= 4 is 5.96 Å². The van der Waals surface area contributed by atoms with Gasteiger partial charge in [0.1, 0.15) is 0 Å². The second kappa shape index (κ2) is 8.23. The molecule has 22 heavy (non-hydrogen) atoms. The highest BCUT2D eigenvalue weighted by Crippen LogP contribution is 2.24. The minimum Gasteiger partial charge on any atom is -0.357 e. The predicted octanol–water partition coefficient (Wildman–Crippen LogP) is 3.35. The van der Waals surface area contributed by atoms with Gasteiger partial charge in [-0.3, -0.25) is 4.99 Å². The van der Waals surface area contributed by atoms with E-state index in [9.17, 15) is 0 Å². The van der Waals surface area contributed by atoms with Crippen LogP contribution in [0.5, 0.6) is 0 Å². The molecule has 0 aromatic heterocycles. The molecule has 0 aliphatic heterocycles. The van der Waals surface area contributed by atoms with Crippen molar-refractivity contribution in [3.05, 3.63) is 71.8 Å². The van der Waals surface area contributed by atoms with Crippen LogP contribution >= 0.6 is 0 Å². The van der Waals surface area contributed by atoms with Crippen molar-refractivity contribution in [3.8, 4) is 0 Å². The molecule has 0 aliphatic rings. The van der Waals surface area contributed by atoms with E-state index in [0.29, 0.717) is 0 Å². The molecule has 0 unspecified atom stereocenters.